The van der Waals surface area contributed by atoms with Gasteiger partial charge in [-0.2, -0.15) is 0 Å². The lowest BCUT2D eigenvalue weighted by Crippen LogP contribution is -2.23. The van der Waals surface area contributed by atoms with Crippen LogP contribution in [0.2, 0.25) is 0 Å². The van der Waals surface area contributed by atoms with Crippen molar-refractivity contribution in [2.24, 2.45) is 0 Å². The molecule has 0 atom stereocenters. The van der Waals surface area contributed by atoms with E-state index in [0.717, 1.165) is 16.6 Å². The number of fused-ring (bicyclic) bond motifs is 1. The summed E-state index contributed by atoms with van der Waals surface area (Å²) < 4.78 is 0. The molecule has 0 radical (unpaired) electrons. The van der Waals surface area contributed by atoms with Crippen LogP contribution in [-0.4, -0.2) is 27.8 Å². The summed E-state index contributed by atoms with van der Waals surface area (Å²) in [6.45, 7) is 4.02. The zero-order chi connectivity index (χ0) is 11.5. The molecule has 1 N–H and O–H groups in total. The topological polar surface area (TPSA) is 49.0 Å². The lowest BCUT2D eigenvalue weighted by Gasteiger charge is -2.15. The number of nitrogens with one attached hydrogen (secondary N) is 1. The van der Waals surface area contributed by atoms with Crippen LogP contribution in [-0.2, 0) is 11.3 Å². The van der Waals surface area contributed by atoms with Crippen molar-refractivity contribution in [3.63, 3.8) is 0 Å². The molecule has 0 aliphatic carbocycles. The van der Waals surface area contributed by atoms with Crippen molar-refractivity contribution in [3.8, 4) is 0 Å². The Morgan fingerprint density at radius 3 is 3.19 bits per heavy atom. The van der Waals surface area contributed by atoms with E-state index in [2.05, 4.69) is 16.5 Å². The summed E-state index contributed by atoms with van der Waals surface area (Å²) in [5.41, 5.74) is 1.92. The van der Waals surface area contributed by atoms with E-state index in [9.17, 15) is 4.79 Å². The molecule has 2 rings (SSSR count). The van der Waals surface area contributed by atoms with Crippen molar-refractivity contribution < 1.29 is 4.79 Å². The number of carbonyl (C=O) groups is 1. The molecular weight excluding hydrogens is 202 g/mol. The predicted octanol–water partition coefficient (Wildman–Crippen LogP) is 1.71. The average molecular weight is 215 g/mol. The zero-order valence-corrected chi connectivity index (χ0v) is 9.10. The lowest BCUT2D eigenvalue weighted by molar-refractivity contribution is -0.125. The first kappa shape index (κ1) is 10.4. The van der Waals surface area contributed by atoms with E-state index in [1.165, 1.54) is 6.08 Å². The Labute approximate surface area is 93.6 Å². The number of carbonyl (C=O) groups excluding carboxylic acids is 1. The van der Waals surface area contributed by atoms with E-state index in [4.69, 9.17) is 0 Å². The van der Waals surface area contributed by atoms with Gasteiger partial charge in [-0.1, -0.05) is 6.58 Å². The first-order chi connectivity index (χ1) is 7.72. The second-order valence-corrected chi connectivity index (χ2v) is 3.61. The molecule has 0 bridgehead atoms. The standard InChI is InChI=1S/C12H13N3O/c1-3-11(16)15(2)8-9-4-6-13-12-10(9)5-7-14-12/h3-7H,1,8H2,2H3,(H,13,14). The molecule has 1 amide bonds. The number of aromatic amines is 1. The van der Waals surface area contributed by atoms with Gasteiger partial charge >= 0.3 is 0 Å². The minimum atomic E-state index is -0.0829. The maximum atomic E-state index is 11.4. The molecule has 0 fully saturated rings. The Bertz CT molecular complexity index is 530. The number of hydrogen-bond donors (Lipinski definition) is 1. The monoisotopic (exact) mass is 215 g/mol. The van der Waals surface area contributed by atoms with Crippen molar-refractivity contribution in [2.45, 2.75) is 6.54 Å². The maximum absolute atomic E-state index is 11.4. The molecule has 0 aromatic carbocycles. The van der Waals surface area contributed by atoms with Gasteiger partial charge in [0.05, 0.1) is 0 Å². The molecule has 0 saturated carbocycles. The summed E-state index contributed by atoms with van der Waals surface area (Å²) in [4.78, 5) is 20.2. The van der Waals surface area contributed by atoms with E-state index in [0.29, 0.717) is 6.54 Å². The minimum Gasteiger partial charge on any atom is -0.346 e. The van der Waals surface area contributed by atoms with Crippen molar-refractivity contribution in [1.29, 1.82) is 0 Å². The first-order valence-electron chi connectivity index (χ1n) is 5.01. The van der Waals surface area contributed by atoms with Gasteiger partial charge < -0.3 is 9.88 Å². The SMILES string of the molecule is C=CC(=O)N(C)Cc1ccnc2[nH]ccc12. The molecule has 82 valence electrons. The summed E-state index contributed by atoms with van der Waals surface area (Å²) in [5, 5.41) is 1.05. The van der Waals surface area contributed by atoms with Crippen molar-refractivity contribution in [3.05, 3.63) is 42.7 Å². The highest BCUT2D eigenvalue weighted by Gasteiger charge is 2.08. The summed E-state index contributed by atoms with van der Waals surface area (Å²) in [6, 6.07) is 3.88. The number of pyridine rings is 1. The van der Waals surface area contributed by atoms with Crippen LogP contribution < -0.4 is 0 Å². The Balaban J connectivity index is 2.30. The molecule has 0 unspecified atom stereocenters. The van der Waals surface area contributed by atoms with Gasteiger partial charge in [-0.05, 0) is 23.8 Å². The van der Waals surface area contributed by atoms with E-state index in [1.54, 1.807) is 18.1 Å². The van der Waals surface area contributed by atoms with Gasteiger partial charge in [-0.25, -0.2) is 4.98 Å². The van der Waals surface area contributed by atoms with Crippen molar-refractivity contribution >= 4 is 16.9 Å². The van der Waals surface area contributed by atoms with Gasteiger partial charge in [0.1, 0.15) is 5.65 Å². The Kier molecular flexibility index (Phi) is 2.72. The minimum absolute atomic E-state index is 0.0829. The van der Waals surface area contributed by atoms with E-state index < -0.39 is 0 Å². The average Bonchev–Trinajstić information content (AvgIpc) is 2.77. The molecule has 4 heteroatoms. The second kappa shape index (κ2) is 4.18. The molecule has 0 aliphatic rings. The number of nitrogens with zero attached hydrogens (tertiary/aromatic N) is 2. The normalized spacial score (nSPS) is 10.3. The first-order valence-corrected chi connectivity index (χ1v) is 5.01. The van der Waals surface area contributed by atoms with E-state index in [1.807, 2.05) is 18.3 Å². The van der Waals surface area contributed by atoms with Gasteiger partial charge in [0, 0.05) is 31.4 Å². The molecule has 0 spiro atoms. The van der Waals surface area contributed by atoms with Crippen LogP contribution in [0.15, 0.2) is 37.2 Å². The molecule has 2 aromatic heterocycles. The van der Waals surface area contributed by atoms with E-state index in [-0.39, 0.29) is 5.91 Å². The number of amides is 1. The number of rotatable bonds is 3. The van der Waals surface area contributed by atoms with Crippen molar-refractivity contribution in [2.75, 3.05) is 7.05 Å². The van der Waals surface area contributed by atoms with Crippen LogP contribution >= 0.6 is 0 Å². The van der Waals surface area contributed by atoms with Crippen molar-refractivity contribution in [1.82, 2.24) is 14.9 Å². The van der Waals surface area contributed by atoms with Gasteiger partial charge in [0.2, 0.25) is 5.91 Å². The zero-order valence-electron chi connectivity index (χ0n) is 9.10. The number of hydrogen-bond acceptors (Lipinski definition) is 2. The van der Waals surface area contributed by atoms with Crippen LogP contribution in [0, 0.1) is 0 Å². The summed E-state index contributed by atoms with van der Waals surface area (Å²) in [5.74, 6) is -0.0829. The van der Waals surface area contributed by atoms with Crippen LogP contribution in [0.4, 0.5) is 0 Å². The molecule has 0 aliphatic heterocycles. The van der Waals surface area contributed by atoms with Crippen LogP contribution in [0.25, 0.3) is 11.0 Å². The molecule has 4 nitrogen and oxygen atoms in total. The maximum Gasteiger partial charge on any atom is 0.245 e. The summed E-state index contributed by atoms with van der Waals surface area (Å²) >= 11 is 0. The summed E-state index contributed by atoms with van der Waals surface area (Å²) in [7, 11) is 1.75. The van der Waals surface area contributed by atoms with Crippen LogP contribution in [0.1, 0.15) is 5.56 Å². The van der Waals surface area contributed by atoms with Crippen LogP contribution in [0.3, 0.4) is 0 Å². The Morgan fingerprint density at radius 2 is 2.44 bits per heavy atom. The third-order valence-corrected chi connectivity index (χ3v) is 2.51. The van der Waals surface area contributed by atoms with E-state index >= 15 is 0 Å². The Morgan fingerprint density at radius 1 is 1.62 bits per heavy atom. The number of aromatic nitrogens is 2. The highest BCUT2D eigenvalue weighted by Crippen LogP contribution is 2.16. The van der Waals surface area contributed by atoms with Gasteiger partial charge in [-0.3, -0.25) is 4.79 Å². The predicted molar refractivity (Wildman–Crippen MR) is 62.8 cm³/mol. The fourth-order valence-electron chi connectivity index (χ4n) is 1.65. The fourth-order valence-corrected chi connectivity index (χ4v) is 1.65. The fraction of sp³-hybridized carbons (Fsp3) is 0.167. The highest BCUT2D eigenvalue weighted by atomic mass is 16.2. The van der Waals surface area contributed by atoms with Crippen LogP contribution in [0.5, 0.6) is 0 Å². The second-order valence-electron chi connectivity index (χ2n) is 3.61. The van der Waals surface area contributed by atoms with Gasteiger partial charge in [-0.15, -0.1) is 0 Å². The third-order valence-electron chi connectivity index (χ3n) is 2.51. The quantitative estimate of drug-likeness (QED) is 0.792. The molecular formula is C12H13N3O. The molecule has 2 heterocycles. The molecule has 0 saturated heterocycles. The Hall–Kier alpha value is -2.10. The smallest absolute Gasteiger partial charge is 0.245 e. The third kappa shape index (κ3) is 1.82. The molecule has 16 heavy (non-hydrogen) atoms. The van der Waals surface area contributed by atoms with Gasteiger partial charge in [0.15, 0.2) is 0 Å². The highest BCUT2D eigenvalue weighted by molar-refractivity contribution is 5.87. The molecule has 2 aromatic rings. The largest absolute Gasteiger partial charge is 0.346 e. The summed E-state index contributed by atoms with van der Waals surface area (Å²) in [6.07, 6.45) is 4.90. The van der Waals surface area contributed by atoms with Gasteiger partial charge in [0.25, 0.3) is 0 Å². The lowest BCUT2D eigenvalue weighted by atomic mass is 10.2. The number of H-pyrrole nitrogens is 1. The number of likely N-dealkylation sites (N-methyl/N-ethyl adjacent to an activating group) is 1.